The van der Waals surface area contributed by atoms with Gasteiger partial charge < -0.3 is 5.73 Å². The Morgan fingerprint density at radius 2 is 2.05 bits per heavy atom. The number of thiocarbonyl (C=S) groups is 1. The molecule has 0 bridgehead atoms. The van der Waals surface area contributed by atoms with Gasteiger partial charge in [0.2, 0.25) is 10.0 Å². The smallest absolute Gasteiger partial charge is 0.214 e. The molecule has 0 aromatic heterocycles. The molecule has 0 aliphatic heterocycles. The largest absolute Gasteiger partial charge is 0.389 e. The third kappa shape index (κ3) is 3.53. The Hall–Kier alpha value is -1.05. The first-order valence-corrected chi connectivity index (χ1v) is 8.42. The molecule has 7 heteroatoms. The minimum atomic E-state index is -3.37. The van der Waals surface area contributed by atoms with Crippen LogP contribution in [0.25, 0.3) is 0 Å². The molecule has 110 valence electrons. The highest BCUT2D eigenvalue weighted by molar-refractivity contribution is 7.90. The Bertz CT molecular complexity index is 611. The van der Waals surface area contributed by atoms with Crippen molar-refractivity contribution in [1.29, 1.82) is 0 Å². The maximum atomic E-state index is 13.8. The summed E-state index contributed by atoms with van der Waals surface area (Å²) in [5, 5.41) is -0.346. The molecule has 0 heterocycles. The van der Waals surface area contributed by atoms with Gasteiger partial charge in [0.25, 0.3) is 0 Å². The van der Waals surface area contributed by atoms with Crippen LogP contribution < -0.4 is 10.5 Å². The summed E-state index contributed by atoms with van der Waals surface area (Å²) in [6.45, 7) is -0.0533. The van der Waals surface area contributed by atoms with Crippen LogP contribution >= 0.6 is 12.2 Å². The van der Waals surface area contributed by atoms with Crippen LogP contribution in [0.1, 0.15) is 36.8 Å². The molecular weight excluding hydrogens is 299 g/mol. The number of hydrogen-bond donors (Lipinski definition) is 2. The van der Waals surface area contributed by atoms with Gasteiger partial charge in [-0.25, -0.2) is 17.5 Å². The van der Waals surface area contributed by atoms with Gasteiger partial charge in [-0.3, -0.25) is 0 Å². The van der Waals surface area contributed by atoms with Gasteiger partial charge in [-0.15, -0.1) is 0 Å². The van der Waals surface area contributed by atoms with Gasteiger partial charge in [0, 0.05) is 17.7 Å². The number of rotatable bonds is 5. The summed E-state index contributed by atoms with van der Waals surface area (Å²) in [6.07, 6.45) is 3.22. The number of halogens is 1. The normalized spacial score (nSPS) is 16.4. The van der Waals surface area contributed by atoms with Crippen LogP contribution in [0.4, 0.5) is 4.39 Å². The number of sulfonamides is 1. The molecule has 4 nitrogen and oxygen atoms in total. The van der Waals surface area contributed by atoms with Gasteiger partial charge in [-0.05, 0) is 18.9 Å². The van der Waals surface area contributed by atoms with Crippen molar-refractivity contribution in [3.63, 3.8) is 0 Å². The molecule has 1 aliphatic carbocycles. The summed E-state index contributed by atoms with van der Waals surface area (Å²) in [7, 11) is -3.37. The molecule has 1 aliphatic rings. The molecule has 0 unspecified atom stereocenters. The SMILES string of the molecule is NC(=S)c1ccc(CNS(=O)(=O)C2CCCC2)c(F)c1. The third-order valence-electron chi connectivity index (χ3n) is 3.54. The van der Waals surface area contributed by atoms with Gasteiger partial charge in [-0.1, -0.05) is 37.2 Å². The number of hydrogen-bond acceptors (Lipinski definition) is 3. The number of nitrogens with two attached hydrogens (primary N) is 1. The minimum Gasteiger partial charge on any atom is -0.389 e. The maximum Gasteiger partial charge on any atom is 0.214 e. The van der Waals surface area contributed by atoms with Crippen LogP contribution in [-0.4, -0.2) is 18.7 Å². The van der Waals surface area contributed by atoms with E-state index in [4.69, 9.17) is 18.0 Å². The Morgan fingerprint density at radius 1 is 1.40 bits per heavy atom. The van der Waals surface area contributed by atoms with E-state index in [0.717, 1.165) is 12.8 Å². The summed E-state index contributed by atoms with van der Waals surface area (Å²) >= 11 is 4.76. The van der Waals surface area contributed by atoms with E-state index < -0.39 is 15.8 Å². The predicted octanol–water partition coefficient (Wildman–Crippen LogP) is 1.82. The zero-order chi connectivity index (χ0) is 14.8. The minimum absolute atomic E-state index is 0.0533. The molecule has 0 spiro atoms. The van der Waals surface area contributed by atoms with Crippen molar-refractivity contribution in [3.8, 4) is 0 Å². The van der Waals surface area contributed by atoms with E-state index in [9.17, 15) is 12.8 Å². The third-order valence-corrected chi connectivity index (χ3v) is 5.67. The Labute approximate surface area is 123 Å². The van der Waals surface area contributed by atoms with Crippen molar-refractivity contribution < 1.29 is 12.8 Å². The monoisotopic (exact) mass is 316 g/mol. The lowest BCUT2D eigenvalue weighted by atomic mass is 10.1. The first-order valence-electron chi connectivity index (χ1n) is 6.47. The van der Waals surface area contributed by atoms with Gasteiger partial charge in [0.15, 0.2) is 0 Å². The topological polar surface area (TPSA) is 72.2 Å². The van der Waals surface area contributed by atoms with Crippen molar-refractivity contribution in [3.05, 3.63) is 35.1 Å². The molecule has 3 N–H and O–H groups in total. The highest BCUT2D eigenvalue weighted by atomic mass is 32.2. The Morgan fingerprint density at radius 3 is 2.60 bits per heavy atom. The lowest BCUT2D eigenvalue weighted by Crippen LogP contribution is -2.32. The molecule has 2 rings (SSSR count). The second-order valence-corrected chi connectivity index (χ2v) is 7.43. The van der Waals surface area contributed by atoms with Crippen molar-refractivity contribution in [2.75, 3.05) is 0 Å². The second kappa shape index (κ2) is 6.15. The van der Waals surface area contributed by atoms with Crippen LogP contribution in [0.3, 0.4) is 0 Å². The first kappa shape index (κ1) is 15.3. The van der Waals surface area contributed by atoms with Gasteiger partial charge in [-0.2, -0.15) is 0 Å². The lowest BCUT2D eigenvalue weighted by Gasteiger charge is -2.13. The fourth-order valence-electron chi connectivity index (χ4n) is 2.34. The zero-order valence-electron chi connectivity index (χ0n) is 10.9. The number of benzene rings is 1. The molecule has 1 aromatic rings. The quantitative estimate of drug-likeness (QED) is 0.813. The molecule has 20 heavy (non-hydrogen) atoms. The van der Waals surface area contributed by atoms with Crippen LogP contribution in [0, 0.1) is 5.82 Å². The van der Waals surface area contributed by atoms with Crippen LogP contribution in [-0.2, 0) is 16.6 Å². The van der Waals surface area contributed by atoms with Crippen molar-refractivity contribution in [2.45, 2.75) is 37.5 Å². The van der Waals surface area contributed by atoms with Gasteiger partial charge in [0.1, 0.15) is 10.8 Å². The first-order chi connectivity index (χ1) is 9.40. The summed E-state index contributed by atoms with van der Waals surface area (Å²) < 4.78 is 40.3. The van der Waals surface area contributed by atoms with E-state index in [2.05, 4.69) is 4.72 Å². The van der Waals surface area contributed by atoms with Gasteiger partial charge >= 0.3 is 0 Å². The summed E-state index contributed by atoms with van der Waals surface area (Å²) in [5.74, 6) is -0.510. The van der Waals surface area contributed by atoms with E-state index in [0.29, 0.717) is 18.4 Å². The fourth-order valence-corrected chi connectivity index (χ4v) is 4.01. The second-order valence-electron chi connectivity index (χ2n) is 4.94. The van der Waals surface area contributed by atoms with E-state index in [1.807, 2.05) is 0 Å². The summed E-state index contributed by atoms with van der Waals surface area (Å²) in [5.41, 5.74) is 6.13. The average Bonchev–Trinajstić information content (AvgIpc) is 2.91. The lowest BCUT2D eigenvalue weighted by molar-refractivity contribution is 0.559. The van der Waals surface area contributed by atoms with Crippen molar-refractivity contribution >= 4 is 27.2 Å². The zero-order valence-corrected chi connectivity index (χ0v) is 12.6. The number of nitrogens with one attached hydrogen (secondary N) is 1. The molecule has 0 atom stereocenters. The molecule has 0 radical (unpaired) electrons. The fraction of sp³-hybridized carbons (Fsp3) is 0.462. The summed E-state index contributed by atoms with van der Waals surface area (Å²) in [4.78, 5) is 0.113. The molecule has 1 fully saturated rings. The Kier molecular flexibility index (Phi) is 4.72. The standard InChI is InChI=1S/C13H17FN2O2S2/c14-12-7-9(13(15)19)5-6-10(12)8-16-20(17,18)11-3-1-2-4-11/h5-7,11,16H,1-4,8H2,(H2,15,19). The van der Waals surface area contributed by atoms with Crippen molar-refractivity contribution in [2.24, 2.45) is 5.73 Å². The van der Waals surface area contributed by atoms with E-state index >= 15 is 0 Å². The summed E-state index contributed by atoms with van der Waals surface area (Å²) in [6, 6.07) is 4.31. The Balaban J connectivity index is 2.05. The molecule has 0 saturated heterocycles. The maximum absolute atomic E-state index is 13.8. The van der Waals surface area contributed by atoms with E-state index in [1.54, 1.807) is 6.07 Å². The van der Waals surface area contributed by atoms with E-state index in [-0.39, 0.29) is 22.3 Å². The molecular formula is C13H17FN2O2S2. The van der Waals surface area contributed by atoms with Crippen LogP contribution in [0.15, 0.2) is 18.2 Å². The van der Waals surface area contributed by atoms with Crippen LogP contribution in [0.2, 0.25) is 0 Å². The highest BCUT2D eigenvalue weighted by Crippen LogP contribution is 2.24. The van der Waals surface area contributed by atoms with Gasteiger partial charge in [0.05, 0.1) is 5.25 Å². The molecule has 1 aromatic carbocycles. The van der Waals surface area contributed by atoms with E-state index in [1.165, 1.54) is 12.1 Å². The predicted molar refractivity (Wildman–Crippen MR) is 80.3 cm³/mol. The molecule has 1 saturated carbocycles. The highest BCUT2D eigenvalue weighted by Gasteiger charge is 2.28. The average molecular weight is 316 g/mol. The van der Waals surface area contributed by atoms with Crippen LogP contribution in [0.5, 0.6) is 0 Å². The molecule has 0 amide bonds. The van der Waals surface area contributed by atoms with Crippen molar-refractivity contribution in [1.82, 2.24) is 4.72 Å².